The predicted molar refractivity (Wildman–Crippen MR) is 81.1 cm³/mol. The van der Waals surface area contributed by atoms with Crippen molar-refractivity contribution in [3.05, 3.63) is 30.6 Å². The van der Waals surface area contributed by atoms with E-state index in [1.807, 2.05) is 31.2 Å². The minimum atomic E-state index is -0.406. The van der Waals surface area contributed by atoms with Gasteiger partial charge in [-0.1, -0.05) is 12.1 Å². The fourth-order valence-electron chi connectivity index (χ4n) is 2.22. The Morgan fingerprint density at radius 1 is 1.33 bits per heavy atom. The quantitative estimate of drug-likeness (QED) is 0.768. The van der Waals surface area contributed by atoms with Crippen LogP contribution in [-0.4, -0.2) is 28.5 Å². The number of rotatable bonds is 4. The Bertz CT molecular complexity index is 797. The summed E-state index contributed by atoms with van der Waals surface area (Å²) in [7, 11) is 0. The third-order valence-electron chi connectivity index (χ3n) is 3.26. The van der Waals surface area contributed by atoms with Gasteiger partial charge in [-0.2, -0.15) is 0 Å². The van der Waals surface area contributed by atoms with Gasteiger partial charge in [-0.05, 0) is 26.0 Å². The average Bonchev–Trinajstić information content (AvgIpc) is 2.87. The van der Waals surface area contributed by atoms with Gasteiger partial charge in [0.15, 0.2) is 11.4 Å². The highest BCUT2D eigenvalue weighted by Gasteiger charge is 2.17. The van der Waals surface area contributed by atoms with Crippen molar-refractivity contribution in [2.75, 3.05) is 11.9 Å². The molecule has 3 aromatic rings. The van der Waals surface area contributed by atoms with E-state index in [9.17, 15) is 4.79 Å². The summed E-state index contributed by atoms with van der Waals surface area (Å²) in [6, 6.07) is 7.27. The van der Waals surface area contributed by atoms with Gasteiger partial charge < -0.3 is 15.1 Å². The fourth-order valence-corrected chi connectivity index (χ4v) is 2.22. The van der Waals surface area contributed by atoms with E-state index in [-0.39, 0.29) is 5.91 Å². The van der Waals surface area contributed by atoms with E-state index in [0.717, 1.165) is 16.5 Å². The third-order valence-corrected chi connectivity index (χ3v) is 3.26. The summed E-state index contributed by atoms with van der Waals surface area (Å²) in [5.74, 6) is 0.440. The summed E-state index contributed by atoms with van der Waals surface area (Å²) in [5.41, 5.74) is 2.06. The first-order valence-corrected chi connectivity index (χ1v) is 6.87. The molecule has 0 saturated carbocycles. The number of nitrogens with zero attached hydrogens (tertiary/aromatic N) is 2. The van der Waals surface area contributed by atoms with Crippen LogP contribution in [0.4, 0.5) is 5.82 Å². The number of hydrogen-bond donors (Lipinski definition) is 2. The molecule has 0 radical (unpaired) electrons. The van der Waals surface area contributed by atoms with Gasteiger partial charge in [0, 0.05) is 11.9 Å². The van der Waals surface area contributed by atoms with Crippen LogP contribution in [0.2, 0.25) is 0 Å². The first-order chi connectivity index (χ1) is 10.2. The molecule has 0 bridgehead atoms. The molecule has 21 heavy (non-hydrogen) atoms. The highest BCUT2D eigenvalue weighted by Crippen LogP contribution is 2.30. The molecule has 108 valence electrons. The number of carbonyl (C=O) groups excluding carboxylic acids is 1. The molecule has 0 fully saturated rings. The van der Waals surface area contributed by atoms with Crippen molar-refractivity contribution in [3.8, 4) is 0 Å². The van der Waals surface area contributed by atoms with Gasteiger partial charge in [0.1, 0.15) is 23.5 Å². The summed E-state index contributed by atoms with van der Waals surface area (Å²) in [6.45, 7) is 4.25. The molecule has 0 aliphatic rings. The smallest absolute Gasteiger partial charge is 0.242 e. The Morgan fingerprint density at radius 2 is 2.14 bits per heavy atom. The van der Waals surface area contributed by atoms with Crippen LogP contribution in [-0.2, 0) is 4.79 Å². The Kier molecular flexibility index (Phi) is 3.43. The van der Waals surface area contributed by atoms with E-state index < -0.39 is 6.04 Å². The SMILES string of the molecule is CCNC(=O)C(C)Nc1ncnc2c1oc1ccccc12. The minimum absolute atomic E-state index is 0.0830. The molecule has 2 heterocycles. The van der Waals surface area contributed by atoms with Crippen molar-refractivity contribution >= 4 is 33.8 Å². The molecule has 1 unspecified atom stereocenters. The van der Waals surface area contributed by atoms with Gasteiger partial charge in [-0.15, -0.1) is 0 Å². The molecule has 0 aliphatic heterocycles. The zero-order valence-corrected chi connectivity index (χ0v) is 11.9. The summed E-state index contributed by atoms with van der Waals surface area (Å²) in [6.07, 6.45) is 1.47. The number of anilines is 1. The van der Waals surface area contributed by atoms with Crippen LogP contribution in [0.3, 0.4) is 0 Å². The minimum Gasteiger partial charge on any atom is -0.450 e. The molecule has 1 amide bonds. The van der Waals surface area contributed by atoms with Crippen molar-refractivity contribution < 1.29 is 9.21 Å². The number of furan rings is 1. The summed E-state index contributed by atoms with van der Waals surface area (Å²) in [5, 5.41) is 6.77. The molecule has 1 aromatic carbocycles. The van der Waals surface area contributed by atoms with Crippen molar-refractivity contribution in [1.82, 2.24) is 15.3 Å². The van der Waals surface area contributed by atoms with Gasteiger partial charge in [0.25, 0.3) is 0 Å². The van der Waals surface area contributed by atoms with Gasteiger partial charge >= 0.3 is 0 Å². The third kappa shape index (κ3) is 2.40. The molecule has 0 spiro atoms. The first-order valence-electron chi connectivity index (χ1n) is 6.87. The lowest BCUT2D eigenvalue weighted by atomic mass is 10.2. The van der Waals surface area contributed by atoms with Crippen molar-refractivity contribution in [2.45, 2.75) is 19.9 Å². The molecule has 2 aromatic heterocycles. The standard InChI is InChI=1S/C15H16N4O2/c1-3-16-15(20)9(2)19-14-13-12(17-8-18-14)10-6-4-5-7-11(10)21-13/h4-9H,3H2,1-2H3,(H,16,20)(H,17,18,19). The number of likely N-dealkylation sites (N-methyl/N-ethyl adjacent to an activating group) is 1. The second kappa shape index (κ2) is 5.40. The number of fused-ring (bicyclic) bond motifs is 3. The van der Waals surface area contributed by atoms with Crippen LogP contribution in [0.15, 0.2) is 35.0 Å². The number of amides is 1. The number of para-hydroxylation sites is 1. The normalized spacial score (nSPS) is 12.5. The van der Waals surface area contributed by atoms with E-state index in [1.165, 1.54) is 6.33 Å². The van der Waals surface area contributed by atoms with Crippen LogP contribution >= 0.6 is 0 Å². The Labute approximate surface area is 121 Å². The predicted octanol–water partition coefficient (Wildman–Crippen LogP) is 2.31. The molecule has 6 heteroatoms. The van der Waals surface area contributed by atoms with E-state index in [4.69, 9.17) is 4.42 Å². The average molecular weight is 284 g/mol. The maximum atomic E-state index is 11.8. The van der Waals surface area contributed by atoms with Gasteiger partial charge in [-0.3, -0.25) is 4.79 Å². The van der Waals surface area contributed by atoms with Crippen LogP contribution in [0.25, 0.3) is 22.1 Å². The van der Waals surface area contributed by atoms with Crippen LogP contribution < -0.4 is 10.6 Å². The second-order valence-electron chi connectivity index (χ2n) is 4.76. The Morgan fingerprint density at radius 3 is 2.95 bits per heavy atom. The van der Waals surface area contributed by atoms with Crippen molar-refractivity contribution in [1.29, 1.82) is 0 Å². The first kappa shape index (κ1) is 13.4. The van der Waals surface area contributed by atoms with Crippen molar-refractivity contribution in [2.24, 2.45) is 0 Å². The lowest BCUT2D eigenvalue weighted by Crippen LogP contribution is -2.37. The summed E-state index contributed by atoms with van der Waals surface area (Å²) < 4.78 is 5.80. The van der Waals surface area contributed by atoms with Gasteiger partial charge in [0.2, 0.25) is 5.91 Å². The molecule has 3 rings (SSSR count). The Balaban J connectivity index is 2.01. The fraction of sp³-hybridized carbons (Fsp3) is 0.267. The molecule has 6 nitrogen and oxygen atoms in total. The molecule has 0 aliphatic carbocycles. The molecule has 0 saturated heterocycles. The van der Waals surface area contributed by atoms with E-state index in [1.54, 1.807) is 6.92 Å². The second-order valence-corrected chi connectivity index (χ2v) is 4.76. The lowest BCUT2D eigenvalue weighted by Gasteiger charge is -2.13. The molecular formula is C15H16N4O2. The van der Waals surface area contributed by atoms with E-state index in [0.29, 0.717) is 17.9 Å². The maximum absolute atomic E-state index is 11.8. The number of nitrogens with one attached hydrogen (secondary N) is 2. The number of hydrogen-bond acceptors (Lipinski definition) is 5. The monoisotopic (exact) mass is 284 g/mol. The Hall–Kier alpha value is -2.63. The van der Waals surface area contributed by atoms with Crippen LogP contribution in [0, 0.1) is 0 Å². The highest BCUT2D eigenvalue weighted by molar-refractivity contribution is 6.05. The highest BCUT2D eigenvalue weighted by atomic mass is 16.3. The van der Waals surface area contributed by atoms with Crippen molar-refractivity contribution in [3.63, 3.8) is 0 Å². The summed E-state index contributed by atoms with van der Waals surface area (Å²) in [4.78, 5) is 20.3. The van der Waals surface area contributed by atoms with Crippen LogP contribution in [0.5, 0.6) is 0 Å². The van der Waals surface area contributed by atoms with E-state index in [2.05, 4.69) is 20.6 Å². The number of aromatic nitrogens is 2. The van der Waals surface area contributed by atoms with Gasteiger partial charge in [0.05, 0.1) is 0 Å². The zero-order valence-electron chi connectivity index (χ0n) is 11.9. The topological polar surface area (TPSA) is 80.0 Å². The number of carbonyl (C=O) groups is 1. The molecule has 2 N–H and O–H groups in total. The zero-order chi connectivity index (χ0) is 14.8. The van der Waals surface area contributed by atoms with E-state index >= 15 is 0 Å². The number of benzene rings is 1. The van der Waals surface area contributed by atoms with Gasteiger partial charge in [-0.25, -0.2) is 9.97 Å². The summed E-state index contributed by atoms with van der Waals surface area (Å²) >= 11 is 0. The molecule has 1 atom stereocenters. The lowest BCUT2D eigenvalue weighted by molar-refractivity contribution is -0.121. The maximum Gasteiger partial charge on any atom is 0.242 e. The van der Waals surface area contributed by atoms with Crippen LogP contribution in [0.1, 0.15) is 13.8 Å². The largest absolute Gasteiger partial charge is 0.450 e. The molecular weight excluding hydrogens is 268 g/mol.